The SMILES string of the molecule is CC(CCl)C(=O)Nc1cc(Cl)cc(Cl)c1. The van der Waals surface area contributed by atoms with Crippen molar-refractivity contribution in [2.24, 2.45) is 5.92 Å². The van der Waals surface area contributed by atoms with E-state index in [2.05, 4.69) is 5.32 Å². The number of alkyl halides is 1. The highest BCUT2D eigenvalue weighted by Crippen LogP contribution is 2.22. The molecule has 5 heteroatoms. The highest BCUT2D eigenvalue weighted by Gasteiger charge is 2.11. The minimum atomic E-state index is -0.246. The Kier molecular flexibility index (Phi) is 4.71. The molecule has 0 radical (unpaired) electrons. The van der Waals surface area contributed by atoms with Gasteiger partial charge in [0.25, 0.3) is 0 Å². The van der Waals surface area contributed by atoms with Gasteiger partial charge in [0.1, 0.15) is 0 Å². The van der Waals surface area contributed by atoms with E-state index in [1.807, 2.05) is 0 Å². The third-order valence-corrected chi connectivity index (χ3v) is 2.71. The molecule has 1 aromatic rings. The van der Waals surface area contributed by atoms with Gasteiger partial charge in [0, 0.05) is 27.5 Å². The van der Waals surface area contributed by atoms with Crippen molar-refractivity contribution in [2.75, 3.05) is 11.2 Å². The summed E-state index contributed by atoms with van der Waals surface area (Å²) in [6, 6.07) is 4.86. The monoisotopic (exact) mass is 265 g/mol. The Balaban J connectivity index is 2.76. The highest BCUT2D eigenvalue weighted by atomic mass is 35.5. The minimum Gasteiger partial charge on any atom is -0.326 e. The zero-order chi connectivity index (χ0) is 11.4. The molecule has 1 N–H and O–H groups in total. The van der Waals surface area contributed by atoms with Crippen LogP contribution in [0.2, 0.25) is 10.0 Å². The molecule has 1 rings (SSSR count). The fourth-order valence-corrected chi connectivity index (χ4v) is 1.63. The Morgan fingerprint density at radius 2 is 1.87 bits per heavy atom. The van der Waals surface area contributed by atoms with Crippen LogP contribution in [0.3, 0.4) is 0 Å². The molecule has 0 saturated carbocycles. The van der Waals surface area contributed by atoms with Crippen LogP contribution in [0.25, 0.3) is 0 Å². The summed E-state index contributed by atoms with van der Waals surface area (Å²) in [4.78, 5) is 11.5. The maximum atomic E-state index is 11.5. The van der Waals surface area contributed by atoms with Crippen LogP contribution in [0.5, 0.6) is 0 Å². The van der Waals surface area contributed by atoms with Gasteiger partial charge in [-0.2, -0.15) is 0 Å². The van der Waals surface area contributed by atoms with Gasteiger partial charge in [-0.25, -0.2) is 0 Å². The Labute approximate surface area is 104 Å². The maximum Gasteiger partial charge on any atom is 0.228 e. The van der Waals surface area contributed by atoms with E-state index in [4.69, 9.17) is 34.8 Å². The van der Waals surface area contributed by atoms with Gasteiger partial charge in [0.2, 0.25) is 5.91 Å². The third kappa shape index (κ3) is 3.90. The van der Waals surface area contributed by atoms with Gasteiger partial charge >= 0.3 is 0 Å². The molecular formula is C10H10Cl3NO. The second-order valence-electron chi connectivity index (χ2n) is 3.20. The normalized spacial score (nSPS) is 12.3. The Hall–Kier alpha value is -0.440. The summed E-state index contributed by atoms with van der Waals surface area (Å²) in [5.74, 6) is -0.118. The van der Waals surface area contributed by atoms with Crippen LogP contribution in [-0.2, 0) is 4.79 Å². The standard InChI is InChI=1S/C10H10Cl3NO/c1-6(5-11)10(15)14-9-3-7(12)2-8(13)4-9/h2-4,6H,5H2,1H3,(H,14,15). The molecular weight excluding hydrogens is 256 g/mol. The van der Waals surface area contributed by atoms with E-state index in [1.165, 1.54) is 0 Å². The molecule has 82 valence electrons. The van der Waals surface area contributed by atoms with Gasteiger partial charge in [-0.05, 0) is 18.2 Å². The number of halogens is 3. The molecule has 2 nitrogen and oxygen atoms in total. The third-order valence-electron chi connectivity index (χ3n) is 1.81. The van der Waals surface area contributed by atoms with Crippen LogP contribution in [0.1, 0.15) is 6.92 Å². The summed E-state index contributed by atoms with van der Waals surface area (Å²) in [5.41, 5.74) is 0.578. The lowest BCUT2D eigenvalue weighted by Crippen LogP contribution is -2.21. The van der Waals surface area contributed by atoms with Crippen molar-refractivity contribution in [3.8, 4) is 0 Å². The van der Waals surface area contributed by atoms with Crippen LogP contribution in [0.4, 0.5) is 5.69 Å². The van der Waals surface area contributed by atoms with Crippen LogP contribution in [0, 0.1) is 5.92 Å². The molecule has 0 spiro atoms. The zero-order valence-corrected chi connectivity index (χ0v) is 10.3. The average Bonchev–Trinajstić information content (AvgIpc) is 2.14. The number of carbonyl (C=O) groups is 1. The molecule has 0 aliphatic carbocycles. The predicted molar refractivity (Wildman–Crippen MR) is 65.0 cm³/mol. The van der Waals surface area contributed by atoms with Crippen molar-refractivity contribution in [1.82, 2.24) is 0 Å². The second-order valence-corrected chi connectivity index (χ2v) is 4.38. The topological polar surface area (TPSA) is 29.1 Å². The zero-order valence-electron chi connectivity index (χ0n) is 8.06. The molecule has 1 unspecified atom stereocenters. The van der Waals surface area contributed by atoms with E-state index >= 15 is 0 Å². The summed E-state index contributed by atoms with van der Waals surface area (Å²) < 4.78 is 0. The number of hydrogen-bond acceptors (Lipinski definition) is 1. The maximum absolute atomic E-state index is 11.5. The van der Waals surface area contributed by atoms with Gasteiger partial charge in [-0.3, -0.25) is 4.79 Å². The molecule has 1 amide bonds. The predicted octanol–water partition coefficient (Wildman–Crippen LogP) is 3.81. The fourth-order valence-electron chi connectivity index (χ4n) is 0.962. The fraction of sp³-hybridized carbons (Fsp3) is 0.300. The summed E-state index contributed by atoms with van der Waals surface area (Å²) >= 11 is 17.1. The number of benzene rings is 1. The summed E-state index contributed by atoms with van der Waals surface area (Å²) in [6.45, 7) is 1.74. The molecule has 0 fully saturated rings. The Morgan fingerprint density at radius 3 is 2.33 bits per heavy atom. The first-order chi connectivity index (χ1) is 7.02. The first-order valence-electron chi connectivity index (χ1n) is 4.36. The van der Waals surface area contributed by atoms with E-state index in [0.717, 1.165) is 0 Å². The largest absolute Gasteiger partial charge is 0.326 e. The van der Waals surface area contributed by atoms with Crippen molar-refractivity contribution >= 4 is 46.4 Å². The minimum absolute atomic E-state index is 0.150. The average molecular weight is 267 g/mol. The molecule has 0 saturated heterocycles. The van der Waals surface area contributed by atoms with Crippen molar-refractivity contribution in [3.63, 3.8) is 0 Å². The van der Waals surface area contributed by atoms with Crippen LogP contribution < -0.4 is 5.32 Å². The van der Waals surface area contributed by atoms with Crippen molar-refractivity contribution in [3.05, 3.63) is 28.2 Å². The number of carbonyl (C=O) groups excluding carboxylic acids is 1. The van der Waals surface area contributed by atoms with Gasteiger partial charge in [-0.1, -0.05) is 30.1 Å². The molecule has 1 aromatic carbocycles. The first-order valence-corrected chi connectivity index (χ1v) is 5.65. The van der Waals surface area contributed by atoms with Gasteiger partial charge in [-0.15, -0.1) is 11.6 Å². The number of rotatable bonds is 3. The molecule has 0 aliphatic heterocycles. The van der Waals surface area contributed by atoms with Crippen molar-refractivity contribution in [2.45, 2.75) is 6.92 Å². The summed E-state index contributed by atoms with van der Waals surface area (Å²) in [5, 5.41) is 3.65. The summed E-state index contributed by atoms with van der Waals surface area (Å²) in [6.07, 6.45) is 0. The van der Waals surface area contributed by atoms with Gasteiger partial charge in [0.05, 0.1) is 0 Å². The van der Waals surface area contributed by atoms with E-state index < -0.39 is 0 Å². The van der Waals surface area contributed by atoms with Crippen LogP contribution in [0.15, 0.2) is 18.2 Å². The van der Waals surface area contributed by atoms with Gasteiger partial charge in [0.15, 0.2) is 0 Å². The number of nitrogens with one attached hydrogen (secondary N) is 1. The lowest BCUT2D eigenvalue weighted by atomic mass is 10.2. The van der Waals surface area contributed by atoms with E-state index in [-0.39, 0.29) is 17.7 Å². The molecule has 1 atom stereocenters. The Morgan fingerprint density at radius 1 is 1.33 bits per heavy atom. The lowest BCUT2D eigenvalue weighted by molar-refractivity contribution is -0.118. The van der Waals surface area contributed by atoms with Crippen molar-refractivity contribution < 1.29 is 4.79 Å². The number of hydrogen-bond donors (Lipinski definition) is 1. The molecule has 0 bridgehead atoms. The summed E-state index contributed by atoms with van der Waals surface area (Å²) in [7, 11) is 0. The van der Waals surface area contributed by atoms with Crippen molar-refractivity contribution in [1.29, 1.82) is 0 Å². The van der Waals surface area contributed by atoms with Gasteiger partial charge < -0.3 is 5.32 Å². The van der Waals surface area contributed by atoms with E-state index in [0.29, 0.717) is 15.7 Å². The first kappa shape index (κ1) is 12.6. The number of anilines is 1. The molecule has 0 aromatic heterocycles. The highest BCUT2D eigenvalue weighted by molar-refractivity contribution is 6.35. The van der Waals surface area contributed by atoms with Crippen LogP contribution >= 0.6 is 34.8 Å². The van der Waals surface area contributed by atoms with E-state index in [1.54, 1.807) is 25.1 Å². The van der Waals surface area contributed by atoms with Crippen LogP contribution in [-0.4, -0.2) is 11.8 Å². The number of amides is 1. The molecule has 0 aliphatic rings. The smallest absolute Gasteiger partial charge is 0.228 e. The van der Waals surface area contributed by atoms with E-state index in [9.17, 15) is 4.79 Å². The lowest BCUT2D eigenvalue weighted by Gasteiger charge is -2.09. The molecule has 15 heavy (non-hydrogen) atoms. The quantitative estimate of drug-likeness (QED) is 0.828. The Bertz CT molecular complexity index is 347. The second kappa shape index (κ2) is 5.59. The molecule has 0 heterocycles.